The number of para-hydroxylation sites is 1. The van der Waals surface area contributed by atoms with Crippen LogP contribution in [0.2, 0.25) is 0 Å². The minimum Gasteiger partial charge on any atom is -0.345 e. The lowest BCUT2D eigenvalue weighted by molar-refractivity contribution is 0.0935. The second-order valence-electron chi connectivity index (χ2n) is 8.62. The summed E-state index contributed by atoms with van der Waals surface area (Å²) in [6, 6.07) is 19.9. The normalized spacial score (nSPS) is 14.2. The van der Waals surface area contributed by atoms with Gasteiger partial charge in [-0.3, -0.25) is 9.52 Å². The molecule has 0 unspecified atom stereocenters. The van der Waals surface area contributed by atoms with Gasteiger partial charge in [0, 0.05) is 11.3 Å². The average molecular weight is 463 g/mol. The summed E-state index contributed by atoms with van der Waals surface area (Å²) in [5.74, 6) is -0.282. The number of carbonyl (C=O) groups is 1. The first-order chi connectivity index (χ1) is 15.9. The fraction of sp³-hybridized carbons (Fsp3) is 0.296. The summed E-state index contributed by atoms with van der Waals surface area (Å²) in [6.45, 7) is 3.77. The van der Waals surface area contributed by atoms with Gasteiger partial charge in [0.05, 0.1) is 10.9 Å². The number of amides is 1. The van der Waals surface area contributed by atoms with Crippen molar-refractivity contribution in [2.75, 3.05) is 4.72 Å². The van der Waals surface area contributed by atoms with Gasteiger partial charge in [-0.2, -0.15) is 0 Å². The number of hydrogen-bond donors (Lipinski definition) is 2. The number of hydrogen-bond acceptors (Lipinski definition) is 3. The molecule has 4 rings (SSSR count). The number of benzene rings is 3. The van der Waals surface area contributed by atoms with Crippen molar-refractivity contribution in [1.82, 2.24) is 5.32 Å². The fourth-order valence-electron chi connectivity index (χ4n) is 4.38. The summed E-state index contributed by atoms with van der Waals surface area (Å²) in [6.07, 6.45) is 5.39. The van der Waals surface area contributed by atoms with Gasteiger partial charge in [0.15, 0.2) is 0 Å². The van der Waals surface area contributed by atoms with Crippen LogP contribution in [-0.2, 0) is 22.9 Å². The van der Waals surface area contributed by atoms with Gasteiger partial charge in [-0.15, -0.1) is 0 Å². The van der Waals surface area contributed by atoms with Crippen LogP contribution in [0.1, 0.15) is 64.8 Å². The molecule has 3 aromatic carbocycles. The Hall–Kier alpha value is -3.12. The molecule has 1 atom stereocenters. The second kappa shape index (κ2) is 9.79. The first-order valence-corrected chi connectivity index (χ1v) is 13.0. The Morgan fingerprint density at radius 1 is 0.939 bits per heavy atom. The molecule has 3 aromatic rings. The lowest BCUT2D eigenvalue weighted by Gasteiger charge is -2.22. The van der Waals surface area contributed by atoms with Crippen LogP contribution in [-0.4, -0.2) is 14.3 Å². The van der Waals surface area contributed by atoms with E-state index in [1.807, 2.05) is 13.0 Å². The molecule has 5 nitrogen and oxygen atoms in total. The molecule has 0 saturated heterocycles. The van der Waals surface area contributed by atoms with Crippen LogP contribution in [0.15, 0.2) is 71.6 Å². The van der Waals surface area contributed by atoms with Gasteiger partial charge in [-0.1, -0.05) is 49.4 Å². The van der Waals surface area contributed by atoms with Gasteiger partial charge in [0.1, 0.15) is 0 Å². The number of carbonyl (C=O) groups excluding carboxylic acids is 1. The molecule has 0 heterocycles. The fourth-order valence-corrected chi connectivity index (χ4v) is 5.71. The second-order valence-corrected chi connectivity index (χ2v) is 10.3. The summed E-state index contributed by atoms with van der Waals surface area (Å²) in [5, 5.41) is 3.10. The zero-order chi connectivity index (χ0) is 23.4. The number of anilines is 1. The average Bonchev–Trinajstić information content (AvgIpc) is 2.82. The highest BCUT2D eigenvalue weighted by atomic mass is 32.2. The third kappa shape index (κ3) is 5.28. The first-order valence-electron chi connectivity index (χ1n) is 11.5. The van der Waals surface area contributed by atoms with Crippen molar-refractivity contribution in [3.8, 4) is 0 Å². The molecule has 0 bridgehead atoms. The monoisotopic (exact) mass is 462 g/mol. The SMILES string of the molecule is CC[C@@H](NC(=O)c1ccc(C)c(S(=O)(=O)Nc2ccccc2)c1)c1ccc2c(c1)CCCC2. The first kappa shape index (κ1) is 23.1. The molecule has 1 amide bonds. The van der Waals surface area contributed by atoms with E-state index in [4.69, 9.17) is 0 Å². The Labute approximate surface area is 196 Å². The summed E-state index contributed by atoms with van der Waals surface area (Å²) >= 11 is 0. The van der Waals surface area contributed by atoms with E-state index in [1.54, 1.807) is 43.3 Å². The summed E-state index contributed by atoms with van der Waals surface area (Å²) in [4.78, 5) is 13.2. The number of fused-ring (bicyclic) bond motifs is 1. The molecule has 0 radical (unpaired) electrons. The van der Waals surface area contributed by atoms with Crippen molar-refractivity contribution in [1.29, 1.82) is 0 Å². The molecule has 0 aliphatic heterocycles. The molecule has 0 aromatic heterocycles. The van der Waals surface area contributed by atoms with Gasteiger partial charge in [0.2, 0.25) is 0 Å². The van der Waals surface area contributed by atoms with Crippen LogP contribution >= 0.6 is 0 Å². The predicted octanol–water partition coefficient (Wildman–Crippen LogP) is 5.56. The van der Waals surface area contributed by atoms with E-state index in [-0.39, 0.29) is 16.8 Å². The lowest BCUT2D eigenvalue weighted by atomic mass is 9.88. The summed E-state index contributed by atoms with van der Waals surface area (Å²) < 4.78 is 28.6. The number of nitrogens with one attached hydrogen (secondary N) is 2. The lowest BCUT2D eigenvalue weighted by Crippen LogP contribution is -2.28. The zero-order valence-electron chi connectivity index (χ0n) is 19.1. The minimum atomic E-state index is -3.83. The standard InChI is InChI=1S/C27H30N2O3S/c1-3-25(22-16-15-20-9-7-8-10-21(20)17-22)28-27(30)23-14-13-19(2)26(18-23)33(31,32)29-24-11-5-4-6-12-24/h4-6,11-18,25,29H,3,7-10H2,1-2H3,(H,28,30)/t25-/m1/s1. The molecule has 0 spiro atoms. The van der Waals surface area contributed by atoms with Crippen molar-refractivity contribution >= 4 is 21.6 Å². The maximum absolute atomic E-state index is 13.1. The molecule has 1 aliphatic carbocycles. The molecule has 1 aliphatic rings. The maximum Gasteiger partial charge on any atom is 0.262 e. The number of rotatable bonds is 7. The molecule has 6 heteroatoms. The van der Waals surface area contributed by atoms with E-state index in [0.717, 1.165) is 24.8 Å². The van der Waals surface area contributed by atoms with E-state index in [0.29, 0.717) is 16.8 Å². The van der Waals surface area contributed by atoms with Crippen molar-refractivity contribution in [3.63, 3.8) is 0 Å². The zero-order valence-corrected chi connectivity index (χ0v) is 19.9. The third-order valence-corrected chi connectivity index (χ3v) is 7.78. The van der Waals surface area contributed by atoms with E-state index in [2.05, 4.69) is 28.2 Å². The Bertz CT molecular complexity index is 1250. The van der Waals surface area contributed by atoms with Crippen LogP contribution < -0.4 is 10.0 Å². The smallest absolute Gasteiger partial charge is 0.262 e. The maximum atomic E-state index is 13.1. The van der Waals surface area contributed by atoms with Crippen LogP contribution in [0.5, 0.6) is 0 Å². The quantitative estimate of drug-likeness (QED) is 0.483. The van der Waals surface area contributed by atoms with Crippen LogP contribution in [0, 0.1) is 6.92 Å². The number of aryl methyl sites for hydroxylation is 3. The molecule has 0 fully saturated rings. The van der Waals surface area contributed by atoms with Crippen molar-refractivity contribution in [2.45, 2.75) is 56.9 Å². The van der Waals surface area contributed by atoms with E-state index < -0.39 is 10.0 Å². The molecule has 33 heavy (non-hydrogen) atoms. The van der Waals surface area contributed by atoms with Crippen LogP contribution in [0.25, 0.3) is 0 Å². The highest BCUT2D eigenvalue weighted by Gasteiger charge is 2.21. The van der Waals surface area contributed by atoms with E-state index >= 15 is 0 Å². The molecule has 0 saturated carbocycles. The van der Waals surface area contributed by atoms with E-state index in [1.165, 1.54) is 30.0 Å². The van der Waals surface area contributed by atoms with Gasteiger partial charge in [-0.25, -0.2) is 8.42 Å². The molecular weight excluding hydrogens is 432 g/mol. The third-order valence-electron chi connectivity index (χ3n) is 6.25. The van der Waals surface area contributed by atoms with Crippen molar-refractivity contribution < 1.29 is 13.2 Å². The summed E-state index contributed by atoms with van der Waals surface area (Å²) in [5.41, 5.74) is 5.26. The Kier molecular flexibility index (Phi) is 6.84. The van der Waals surface area contributed by atoms with Gasteiger partial charge in [-0.05, 0) is 85.5 Å². The van der Waals surface area contributed by atoms with Crippen LogP contribution in [0.4, 0.5) is 5.69 Å². The Morgan fingerprint density at radius 2 is 1.67 bits per heavy atom. The van der Waals surface area contributed by atoms with Crippen molar-refractivity contribution in [2.24, 2.45) is 0 Å². The highest BCUT2D eigenvalue weighted by molar-refractivity contribution is 7.92. The largest absolute Gasteiger partial charge is 0.345 e. The minimum absolute atomic E-state index is 0.0980. The van der Waals surface area contributed by atoms with Gasteiger partial charge >= 0.3 is 0 Å². The molecular formula is C27H30N2O3S. The summed E-state index contributed by atoms with van der Waals surface area (Å²) in [7, 11) is -3.83. The molecule has 2 N–H and O–H groups in total. The van der Waals surface area contributed by atoms with E-state index in [9.17, 15) is 13.2 Å². The molecule has 172 valence electrons. The Balaban J connectivity index is 1.56. The van der Waals surface area contributed by atoms with Crippen LogP contribution in [0.3, 0.4) is 0 Å². The Morgan fingerprint density at radius 3 is 2.39 bits per heavy atom. The highest BCUT2D eigenvalue weighted by Crippen LogP contribution is 2.27. The van der Waals surface area contributed by atoms with Gasteiger partial charge < -0.3 is 5.32 Å². The van der Waals surface area contributed by atoms with Crippen molar-refractivity contribution in [3.05, 3.63) is 94.5 Å². The topological polar surface area (TPSA) is 75.3 Å². The predicted molar refractivity (Wildman–Crippen MR) is 132 cm³/mol. The van der Waals surface area contributed by atoms with Gasteiger partial charge in [0.25, 0.3) is 15.9 Å². The number of sulfonamides is 1.